The fraction of sp³-hybridized carbons (Fsp3) is 0.667. The van der Waals surface area contributed by atoms with Crippen LogP contribution in [-0.4, -0.2) is 81.7 Å². The number of hydrogen-bond donors (Lipinski definition) is 8. The third kappa shape index (κ3) is 10.2. The van der Waals surface area contributed by atoms with E-state index >= 15 is 0 Å². The summed E-state index contributed by atoms with van der Waals surface area (Å²) in [5.74, 6) is -6.93. The Labute approximate surface area is 184 Å². The van der Waals surface area contributed by atoms with Crippen molar-refractivity contribution in [2.45, 2.75) is 63.7 Å². The van der Waals surface area contributed by atoms with Gasteiger partial charge in [0.05, 0.1) is 19.1 Å². The molecule has 0 aromatic rings. The highest BCUT2D eigenvalue weighted by Crippen LogP contribution is 2.10. The van der Waals surface area contributed by atoms with E-state index in [-0.39, 0.29) is 12.8 Å². The average molecular weight is 461 g/mol. The molecule has 14 nitrogen and oxygen atoms in total. The average Bonchev–Trinajstić information content (AvgIpc) is 2.71. The third-order valence-electron chi connectivity index (χ3n) is 4.64. The first kappa shape index (κ1) is 28.7. The fourth-order valence-electron chi connectivity index (χ4n) is 2.49. The van der Waals surface area contributed by atoms with Crippen molar-refractivity contribution in [3.8, 4) is 0 Å². The first-order valence-electron chi connectivity index (χ1n) is 9.84. The van der Waals surface area contributed by atoms with Crippen LogP contribution in [0.5, 0.6) is 0 Å². The number of carboxylic acid groups (broad SMARTS) is 2. The quantitative estimate of drug-likeness (QED) is 0.120. The molecule has 5 unspecified atom stereocenters. The summed E-state index contributed by atoms with van der Waals surface area (Å²) >= 11 is 0. The number of amides is 4. The predicted octanol–water partition coefficient (Wildman–Crippen LogP) is -3.37. The van der Waals surface area contributed by atoms with Gasteiger partial charge in [0.2, 0.25) is 23.6 Å². The Morgan fingerprint density at radius 2 is 1.47 bits per heavy atom. The van der Waals surface area contributed by atoms with E-state index in [0.29, 0.717) is 6.42 Å². The van der Waals surface area contributed by atoms with Crippen molar-refractivity contribution in [2.75, 3.05) is 6.61 Å². The number of aliphatic hydroxyl groups excluding tert-OH is 1. The van der Waals surface area contributed by atoms with Crippen LogP contribution in [0.1, 0.15) is 39.5 Å². The molecule has 0 fully saturated rings. The second-order valence-corrected chi connectivity index (χ2v) is 7.22. The summed E-state index contributed by atoms with van der Waals surface area (Å²) < 4.78 is 0. The largest absolute Gasteiger partial charge is 0.481 e. The summed E-state index contributed by atoms with van der Waals surface area (Å²) in [5.41, 5.74) is 10.7. The lowest BCUT2D eigenvalue weighted by Gasteiger charge is -2.27. The van der Waals surface area contributed by atoms with E-state index in [9.17, 15) is 28.8 Å². The number of carbonyl (C=O) groups is 6. The molecule has 0 radical (unpaired) electrons. The number of nitrogens with two attached hydrogens (primary N) is 2. The van der Waals surface area contributed by atoms with E-state index in [2.05, 4.69) is 10.6 Å². The van der Waals surface area contributed by atoms with Gasteiger partial charge in [0.1, 0.15) is 18.1 Å². The van der Waals surface area contributed by atoms with Gasteiger partial charge in [-0.1, -0.05) is 20.3 Å². The Kier molecular flexibility index (Phi) is 12.5. The first-order valence-corrected chi connectivity index (χ1v) is 9.84. The lowest BCUT2D eigenvalue weighted by molar-refractivity contribution is -0.144. The topological polar surface area (TPSA) is 251 Å². The molecule has 0 heterocycles. The number of primary amides is 1. The van der Waals surface area contributed by atoms with Crippen LogP contribution < -0.4 is 27.4 Å². The van der Waals surface area contributed by atoms with E-state index in [1.54, 1.807) is 13.8 Å². The highest BCUT2D eigenvalue weighted by Gasteiger charge is 2.33. The Morgan fingerprint density at radius 3 is 1.91 bits per heavy atom. The second-order valence-electron chi connectivity index (χ2n) is 7.22. The Balaban J connectivity index is 5.46. The number of carboxylic acids is 2. The molecule has 0 aliphatic heterocycles. The van der Waals surface area contributed by atoms with Crippen LogP contribution in [0.25, 0.3) is 0 Å². The van der Waals surface area contributed by atoms with Gasteiger partial charge in [-0.25, -0.2) is 4.79 Å². The molecule has 0 aromatic carbocycles. The van der Waals surface area contributed by atoms with E-state index in [0.717, 1.165) is 0 Å². The van der Waals surface area contributed by atoms with Crippen LogP contribution >= 0.6 is 0 Å². The number of aliphatic carboxylic acids is 2. The van der Waals surface area contributed by atoms with Gasteiger partial charge in [-0.15, -0.1) is 0 Å². The van der Waals surface area contributed by atoms with Gasteiger partial charge in [-0.05, 0) is 12.3 Å². The molecule has 0 aliphatic carbocycles. The van der Waals surface area contributed by atoms with Gasteiger partial charge in [0.25, 0.3) is 0 Å². The Hall–Kier alpha value is -3.26. The van der Waals surface area contributed by atoms with Gasteiger partial charge in [0.15, 0.2) is 0 Å². The molecule has 0 spiro atoms. The van der Waals surface area contributed by atoms with E-state index in [1.807, 2.05) is 5.32 Å². The van der Waals surface area contributed by atoms with Crippen LogP contribution in [0.15, 0.2) is 0 Å². The first-order chi connectivity index (χ1) is 14.8. The molecular formula is C18H31N5O9. The van der Waals surface area contributed by atoms with E-state index < -0.39 is 78.7 Å². The third-order valence-corrected chi connectivity index (χ3v) is 4.64. The molecule has 0 aromatic heterocycles. The van der Waals surface area contributed by atoms with Crippen LogP contribution in [0.3, 0.4) is 0 Å². The normalized spacial score (nSPS) is 15.4. The maximum atomic E-state index is 12.8. The van der Waals surface area contributed by atoms with Crippen molar-refractivity contribution in [3.63, 3.8) is 0 Å². The summed E-state index contributed by atoms with van der Waals surface area (Å²) in [4.78, 5) is 70.4. The highest BCUT2D eigenvalue weighted by molar-refractivity contribution is 5.95. The number of rotatable bonds is 15. The fourth-order valence-corrected chi connectivity index (χ4v) is 2.49. The molecule has 182 valence electrons. The highest BCUT2D eigenvalue weighted by atomic mass is 16.4. The van der Waals surface area contributed by atoms with Gasteiger partial charge in [0, 0.05) is 6.42 Å². The van der Waals surface area contributed by atoms with Gasteiger partial charge >= 0.3 is 11.9 Å². The molecule has 32 heavy (non-hydrogen) atoms. The van der Waals surface area contributed by atoms with Crippen molar-refractivity contribution < 1.29 is 44.1 Å². The monoisotopic (exact) mass is 461 g/mol. The van der Waals surface area contributed by atoms with E-state index in [4.69, 9.17) is 26.8 Å². The Bertz CT molecular complexity index is 715. The minimum atomic E-state index is -1.70. The van der Waals surface area contributed by atoms with Gasteiger partial charge in [-0.3, -0.25) is 24.0 Å². The standard InChI is InChI=1S/C18H31N5O9/c1-3-8(2)14(23-15(28)9(19)4-5-12(20)25)17(30)21-10(6-13(26)27)16(29)22-11(7-24)18(31)32/h8-11,14,24H,3-7,19H2,1-2H3,(H2,20,25)(H,21,30)(H,22,29)(H,23,28)(H,26,27)(H,31,32). The van der Waals surface area contributed by atoms with Crippen LogP contribution in [0.2, 0.25) is 0 Å². The zero-order valence-corrected chi connectivity index (χ0v) is 17.9. The molecule has 10 N–H and O–H groups in total. The molecule has 4 amide bonds. The molecule has 0 saturated carbocycles. The number of carbonyl (C=O) groups excluding carboxylic acids is 4. The number of nitrogens with one attached hydrogen (secondary N) is 3. The molecule has 0 bridgehead atoms. The molecule has 5 atom stereocenters. The summed E-state index contributed by atoms with van der Waals surface area (Å²) in [6, 6.07) is -5.73. The lowest BCUT2D eigenvalue weighted by atomic mass is 9.97. The molecule has 0 saturated heterocycles. The minimum Gasteiger partial charge on any atom is -0.481 e. The zero-order chi connectivity index (χ0) is 25.0. The number of hydrogen-bond acceptors (Lipinski definition) is 8. The van der Waals surface area contributed by atoms with Crippen molar-refractivity contribution in [1.82, 2.24) is 16.0 Å². The summed E-state index contributed by atoms with van der Waals surface area (Å²) in [5, 5.41) is 33.5. The molecular weight excluding hydrogens is 430 g/mol. The maximum Gasteiger partial charge on any atom is 0.328 e. The van der Waals surface area contributed by atoms with Crippen molar-refractivity contribution >= 4 is 35.6 Å². The molecule has 0 aliphatic rings. The summed E-state index contributed by atoms with van der Waals surface area (Å²) in [7, 11) is 0. The smallest absolute Gasteiger partial charge is 0.328 e. The van der Waals surface area contributed by atoms with Crippen molar-refractivity contribution in [1.29, 1.82) is 0 Å². The molecule has 14 heteroatoms. The summed E-state index contributed by atoms with van der Waals surface area (Å²) in [6.07, 6.45) is -0.673. The number of aliphatic hydroxyl groups is 1. The lowest BCUT2D eigenvalue weighted by Crippen LogP contribution is -2.59. The zero-order valence-electron chi connectivity index (χ0n) is 17.9. The van der Waals surface area contributed by atoms with Crippen molar-refractivity contribution in [3.05, 3.63) is 0 Å². The summed E-state index contributed by atoms with van der Waals surface area (Å²) in [6.45, 7) is 2.39. The second kappa shape index (κ2) is 13.9. The predicted molar refractivity (Wildman–Crippen MR) is 109 cm³/mol. The minimum absolute atomic E-state index is 0.0577. The van der Waals surface area contributed by atoms with Crippen LogP contribution in [-0.2, 0) is 28.8 Å². The van der Waals surface area contributed by atoms with Gasteiger partial charge in [-0.2, -0.15) is 0 Å². The van der Waals surface area contributed by atoms with Crippen LogP contribution in [0.4, 0.5) is 0 Å². The van der Waals surface area contributed by atoms with Crippen molar-refractivity contribution in [2.24, 2.45) is 17.4 Å². The van der Waals surface area contributed by atoms with Crippen LogP contribution in [0, 0.1) is 5.92 Å². The van der Waals surface area contributed by atoms with E-state index in [1.165, 1.54) is 0 Å². The van der Waals surface area contributed by atoms with Gasteiger partial charge < -0.3 is 42.7 Å². The Morgan fingerprint density at radius 1 is 0.906 bits per heavy atom. The molecule has 0 rings (SSSR count). The maximum absolute atomic E-state index is 12.8. The SMILES string of the molecule is CCC(C)C(NC(=O)C(N)CCC(N)=O)C(=O)NC(CC(=O)O)C(=O)NC(CO)C(=O)O.